The van der Waals surface area contributed by atoms with E-state index in [0.717, 1.165) is 24.2 Å². The van der Waals surface area contributed by atoms with Gasteiger partial charge in [0, 0.05) is 13.0 Å². The summed E-state index contributed by atoms with van der Waals surface area (Å²) in [6, 6.07) is 9.66. The molecule has 1 saturated carbocycles. The van der Waals surface area contributed by atoms with Gasteiger partial charge >= 0.3 is 0 Å². The molecule has 1 aliphatic rings. The van der Waals surface area contributed by atoms with Crippen LogP contribution in [0.5, 0.6) is 0 Å². The summed E-state index contributed by atoms with van der Waals surface area (Å²) in [4.78, 5) is 12.4. The SMILES string of the molecule is Cn1c(C2CCCC2)c(N)c(=O)n1-c1ccccc1. The highest BCUT2D eigenvalue weighted by Gasteiger charge is 2.26. The lowest BCUT2D eigenvalue weighted by atomic mass is 10.0. The third-order valence-electron chi connectivity index (χ3n) is 4.09. The number of rotatable bonds is 2. The molecule has 2 N–H and O–H groups in total. The van der Waals surface area contributed by atoms with Gasteiger partial charge < -0.3 is 5.73 Å². The summed E-state index contributed by atoms with van der Waals surface area (Å²) < 4.78 is 3.60. The monoisotopic (exact) mass is 257 g/mol. The number of para-hydroxylation sites is 1. The molecular formula is C15H19N3O. The lowest BCUT2D eigenvalue weighted by molar-refractivity contribution is 0.568. The number of benzene rings is 1. The molecular weight excluding hydrogens is 238 g/mol. The fourth-order valence-electron chi connectivity index (χ4n) is 3.18. The van der Waals surface area contributed by atoms with Gasteiger partial charge in [0.2, 0.25) is 0 Å². The molecule has 3 rings (SSSR count). The summed E-state index contributed by atoms with van der Waals surface area (Å²) in [7, 11) is 1.93. The van der Waals surface area contributed by atoms with E-state index in [4.69, 9.17) is 5.73 Å². The van der Waals surface area contributed by atoms with Gasteiger partial charge in [-0.3, -0.25) is 9.48 Å². The first-order chi connectivity index (χ1) is 9.20. The zero-order valence-corrected chi connectivity index (χ0v) is 11.2. The normalized spacial score (nSPS) is 16.1. The van der Waals surface area contributed by atoms with Gasteiger partial charge in [-0.25, -0.2) is 4.68 Å². The van der Waals surface area contributed by atoms with E-state index >= 15 is 0 Å². The lowest BCUT2D eigenvalue weighted by Gasteiger charge is -2.14. The Morgan fingerprint density at radius 1 is 1.16 bits per heavy atom. The summed E-state index contributed by atoms with van der Waals surface area (Å²) >= 11 is 0. The number of nitrogens with two attached hydrogens (primary N) is 1. The summed E-state index contributed by atoms with van der Waals surface area (Å²) in [6.07, 6.45) is 4.73. The molecule has 4 nitrogen and oxygen atoms in total. The molecule has 4 heteroatoms. The summed E-state index contributed by atoms with van der Waals surface area (Å²) in [5, 5.41) is 0. The van der Waals surface area contributed by atoms with Crippen molar-refractivity contribution in [3.05, 3.63) is 46.4 Å². The van der Waals surface area contributed by atoms with Crippen LogP contribution in [0.1, 0.15) is 37.3 Å². The van der Waals surface area contributed by atoms with E-state index in [0.29, 0.717) is 11.6 Å². The molecule has 0 aliphatic heterocycles. The van der Waals surface area contributed by atoms with Crippen LogP contribution in [0.15, 0.2) is 35.1 Å². The van der Waals surface area contributed by atoms with E-state index in [1.165, 1.54) is 12.8 Å². The van der Waals surface area contributed by atoms with Crippen molar-refractivity contribution in [1.82, 2.24) is 9.36 Å². The van der Waals surface area contributed by atoms with Crippen molar-refractivity contribution >= 4 is 5.69 Å². The van der Waals surface area contributed by atoms with Crippen molar-refractivity contribution in [3.8, 4) is 5.69 Å². The fourth-order valence-corrected chi connectivity index (χ4v) is 3.18. The van der Waals surface area contributed by atoms with Crippen molar-refractivity contribution in [2.75, 3.05) is 5.73 Å². The van der Waals surface area contributed by atoms with Crippen LogP contribution in [0.4, 0.5) is 5.69 Å². The van der Waals surface area contributed by atoms with Crippen molar-refractivity contribution < 1.29 is 0 Å². The predicted molar refractivity (Wildman–Crippen MR) is 76.6 cm³/mol. The van der Waals surface area contributed by atoms with Crippen molar-refractivity contribution in [2.24, 2.45) is 7.05 Å². The highest BCUT2D eigenvalue weighted by Crippen LogP contribution is 2.36. The van der Waals surface area contributed by atoms with E-state index in [2.05, 4.69) is 0 Å². The number of anilines is 1. The van der Waals surface area contributed by atoms with Crippen molar-refractivity contribution in [3.63, 3.8) is 0 Å². The maximum Gasteiger partial charge on any atom is 0.294 e. The molecule has 19 heavy (non-hydrogen) atoms. The number of hydrogen-bond donors (Lipinski definition) is 1. The van der Waals surface area contributed by atoms with E-state index < -0.39 is 0 Å². The van der Waals surface area contributed by atoms with Crippen LogP contribution < -0.4 is 11.3 Å². The molecule has 0 spiro atoms. The minimum Gasteiger partial charge on any atom is -0.393 e. The Bertz CT molecular complexity index is 633. The van der Waals surface area contributed by atoms with Gasteiger partial charge in [0.25, 0.3) is 5.56 Å². The van der Waals surface area contributed by atoms with E-state index in [1.807, 2.05) is 42.1 Å². The molecule has 0 unspecified atom stereocenters. The molecule has 0 radical (unpaired) electrons. The van der Waals surface area contributed by atoms with Crippen LogP contribution in [-0.4, -0.2) is 9.36 Å². The van der Waals surface area contributed by atoms with E-state index in [1.54, 1.807) is 4.68 Å². The topological polar surface area (TPSA) is 52.9 Å². The minimum absolute atomic E-state index is 0.101. The first-order valence-electron chi connectivity index (χ1n) is 6.83. The molecule has 1 aromatic heterocycles. The number of nitrogen functional groups attached to an aromatic ring is 1. The Morgan fingerprint density at radius 2 is 1.79 bits per heavy atom. The molecule has 0 atom stereocenters. The molecule has 0 saturated heterocycles. The minimum atomic E-state index is -0.101. The van der Waals surface area contributed by atoms with Gasteiger partial charge in [-0.05, 0) is 25.0 Å². The molecule has 0 bridgehead atoms. The Hall–Kier alpha value is -1.97. The average Bonchev–Trinajstić information content (AvgIpc) is 3.00. The van der Waals surface area contributed by atoms with Crippen LogP contribution in [0.2, 0.25) is 0 Å². The zero-order chi connectivity index (χ0) is 13.4. The second-order valence-corrected chi connectivity index (χ2v) is 5.26. The molecule has 0 amide bonds. The zero-order valence-electron chi connectivity index (χ0n) is 11.2. The van der Waals surface area contributed by atoms with Gasteiger partial charge in [0.05, 0.1) is 11.4 Å². The Labute approximate surface area is 112 Å². The largest absolute Gasteiger partial charge is 0.393 e. The summed E-state index contributed by atoms with van der Waals surface area (Å²) in [6.45, 7) is 0. The van der Waals surface area contributed by atoms with E-state index in [9.17, 15) is 4.79 Å². The Balaban J connectivity index is 2.17. The predicted octanol–water partition coefficient (Wildman–Crippen LogP) is 2.42. The number of nitrogens with zero attached hydrogens (tertiary/aromatic N) is 2. The van der Waals surface area contributed by atoms with Crippen molar-refractivity contribution in [1.29, 1.82) is 0 Å². The van der Waals surface area contributed by atoms with Crippen LogP contribution in [-0.2, 0) is 7.05 Å². The Kier molecular flexibility index (Phi) is 2.93. The Morgan fingerprint density at radius 3 is 2.42 bits per heavy atom. The third kappa shape index (κ3) is 1.87. The molecule has 2 aromatic rings. The maximum absolute atomic E-state index is 12.4. The van der Waals surface area contributed by atoms with Gasteiger partial charge in [0.1, 0.15) is 5.69 Å². The van der Waals surface area contributed by atoms with Crippen LogP contribution in [0.25, 0.3) is 5.69 Å². The standard InChI is InChI=1S/C15H19N3O/c1-17-14(11-7-5-6-8-11)13(16)15(19)18(17)12-9-3-2-4-10-12/h2-4,9-11H,5-8,16H2,1H3. The highest BCUT2D eigenvalue weighted by atomic mass is 16.1. The number of hydrogen-bond acceptors (Lipinski definition) is 2. The van der Waals surface area contributed by atoms with Crippen LogP contribution >= 0.6 is 0 Å². The van der Waals surface area contributed by atoms with Crippen molar-refractivity contribution in [2.45, 2.75) is 31.6 Å². The first-order valence-corrected chi connectivity index (χ1v) is 6.83. The fraction of sp³-hybridized carbons (Fsp3) is 0.400. The quantitative estimate of drug-likeness (QED) is 0.898. The average molecular weight is 257 g/mol. The molecule has 1 heterocycles. The third-order valence-corrected chi connectivity index (χ3v) is 4.09. The second kappa shape index (κ2) is 4.61. The molecule has 1 aromatic carbocycles. The maximum atomic E-state index is 12.4. The van der Waals surface area contributed by atoms with Crippen LogP contribution in [0.3, 0.4) is 0 Å². The summed E-state index contributed by atoms with van der Waals surface area (Å²) in [5.41, 5.74) is 8.25. The van der Waals surface area contributed by atoms with E-state index in [-0.39, 0.29) is 5.56 Å². The van der Waals surface area contributed by atoms with Gasteiger partial charge in [-0.2, -0.15) is 0 Å². The molecule has 1 fully saturated rings. The smallest absolute Gasteiger partial charge is 0.294 e. The van der Waals surface area contributed by atoms with Gasteiger partial charge in [-0.1, -0.05) is 31.0 Å². The molecule has 1 aliphatic carbocycles. The van der Waals surface area contributed by atoms with Gasteiger partial charge in [0.15, 0.2) is 0 Å². The lowest BCUT2D eigenvalue weighted by Crippen LogP contribution is -2.20. The molecule has 100 valence electrons. The first kappa shape index (κ1) is 12.1. The number of aromatic nitrogens is 2. The summed E-state index contributed by atoms with van der Waals surface area (Å²) in [5.74, 6) is 0.433. The van der Waals surface area contributed by atoms with Gasteiger partial charge in [-0.15, -0.1) is 0 Å². The second-order valence-electron chi connectivity index (χ2n) is 5.26. The highest BCUT2D eigenvalue weighted by molar-refractivity contribution is 5.47. The van der Waals surface area contributed by atoms with Crippen LogP contribution in [0, 0.1) is 0 Å².